The van der Waals surface area contributed by atoms with E-state index in [4.69, 9.17) is 14.2 Å². The lowest BCUT2D eigenvalue weighted by molar-refractivity contribution is 0.0165. The van der Waals surface area contributed by atoms with Crippen molar-refractivity contribution in [1.29, 1.82) is 0 Å². The van der Waals surface area contributed by atoms with Gasteiger partial charge in [-0.2, -0.15) is 0 Å². The number of amides is 1. The molecule has 2 saturated heterocycles. The number of likely N-dealkylation sites (tertiary alicyclic amines) is 1. The molecule has 0 aromatic rings. The maximum absolute atomic E-state index is 12.2. The molecule has 2 heterocycles. The van der Waals surface area contributed by atoms with Crippen LogP contribution in [0.15, 0.2) is 0 Å². The zero-order chi connectivity index (χ0) is 18.1. The summed E-state index contributed by atoms with van der Waals surface area (Å²) in [6, 6.07) is 0.477. The molecule has 1 N–H and O–H groups in total. The van der Waals surface area contributed by atoms with Crippen molar-refractivity contribution < 1.29 is 19.0 Å². The van der Waals surface area contributed by atoms with Crippen LogP contribution >= 0.6 is 0 Å². The highest BCUT2D eigenvalue weighted by atomic mass is 16.6. The van der Waals surface area contributed by atoms with Crippen LogP contribution in [-0.4, -0.2) is 68.2 Å². The lowest BCUT2D eigenvalue weighted by atomic mass is 10.1. The van der Waals surface area contributed by atoms with Crippen molar-refractivity contribution in [2.45, 2.75) is 77.0 Å². The van der Waals surface area contributed by atoms with Gasteiger partial charge in [-0.3, -0.25) is 0 Å². The lowest BCUT2D eigenvalue weighted by Crippen LogP contribution is -2.38. The fourth-order valence-electron chi connectivity index (χ4n) is 3.28. The van der Waals surface area contributed by atoms with Gasteiger partial charge in [0.05, 0.1) is 12.7 Å². The van der Waals surface area contributed by atoms with E-state index in [9.17, 15) is 4.79 Å². The van der Waals surface area contributed by atoms with E-state index in [1.165, 1.54) is 0 Å². The van der Waals surface area contributed by atoms with Gasteiger partial charge in [0.1, 0.15) is 5.60 Å². The van der Waals surface area contributed by atoms with Crippen LogP contribution < -0.4 is 5.32 Å². The highest BCUT2D eigenvalue weighted by molar-refractivity contribution is 5.68. The summed E-state index contributed by atoms with van der Waals surface area (Å²) in [6.07, 6.45) is 6.55. The molecule has 6 heteroatoms. The fraction of sp³-hybridized carbons (Fsp3) is 0.947. The molecule has 0 aliphatic carbocycles. The number of nitrogens with zero attached hydrogens (tertiary/aromatic N) is 1. The highest BCUT2D eigenvalue weighted by Gasteiger charge is 2.25. The summed E-state index contributed by atoms with van der Waals surface area (Å²) < 4.78 is 16.7. The molecule has 0 saturated carbocycles. The Morgan fingerprint density at radius 1 is 1.20 bits per heavy atom. The summed E-state index contributed by atoms with van der Waals surface area (Å²) >= 11 is 0. The molecule has 0 spiro atoms. The summed E-state index contributed by atoms with van der Waals surface area (Å²) in [5.41, 5.74) is -0.426. The molecule has 1 amide bonds. The largest absolute Gasteiger partial charge is 0.444 e. The first-order valence-corrected chi connectivity index (χ1v) is 9.85. The predicted molar refractivity (Wildman–Crippen MR) is 97.9 cm³/mol. The number of hydrogen-bond donors (Lipinski definition) is 1. The number of ether oxygens (including phenoxy) is 3. The van der Waals surface area contributed by atoms with Crippen molar-refractivity contribution in [3.8, 4) is 0 Å². The van der Waals surface area contributed by atoms with Gasteiger partial charge in [0.25, 0.3) is 0 Å². The van der Waals surface area contributed by atoms with Gasteiger partial charge in [-0.1, -0.05) is 0 Å². The minimum absolute atomic E-state index is 0.185. The van der Waals surface area contributed by atoms with Gasteiger partial charge in [0.15, 0.2) is 0 Å². The van der Waals surface area contributed by atoms with Gasteiger partial charge < -0.3 is 24.4 Å². The van der Waals surface area contributed by atoms with E-state index in [1.54, 1.807) is 0 Å². The average Bonchev–Trinajstić information content (AvgIpc) is 2.93. The van der Waals surface area contributed by atoms with Crippen LogP contribution in [0, 0.1) is 0 Å². The maximum Gasteiger partial charge on any atom is 0.410 e. The average molecular weight is 357 g/mol. The molecule has 0 aromatic heterocycles. The summed E-state index contributed by atoms with van der Waals surface area (Å²) in [5.74, 6) is 0. The first-order valence-electron chi connectivity index (χ1n) is 9.85. The van der Waals surface area contributed by atoms with E-state index in [0.29, 0.717) is 12.1 Å². The second kappa shape index (κ2) is 10.3. The molecule has 6 nitrogen and oxygen atoms in total. The van der Waals surface area contributed by atoms with E-state index >= 15 is 0 Å². The summed E-state index contributed by atoms with van der Waals surface area (Å²) in [7, 11) is 0. The fourth-order valence-corrected chi connectivity index (χ4v) is 3.28. The predicted octanol–water partition coefficient (Wildman–Crippen LogP) is 2.95. The van der Waals surface area contributed by atoms with E-state index in [2.05, 4.69) is 5.32 Å². The van der Waals surface area contributed by atoms with Crippen LogP contribution in [0.25, 0.3) is 0 Å². The Morgan fingerprint density at radius 2 is 2.04 bits per heavy atom. The Balaban J connectivity index is 1.54. The Bertz CT molecular complexity index is 391. The molecular formula is C19H36N2O4. The minimum atomic E-state index is -0.426. The van der Waals surface area contributed by atoms with Crippen LogP contribution in [0.2, 0.25) is 0 Å². The van der Waals surface area contributed by atoms with Crippen LogP contribution in [0.4, 0.5) is 4.79 Å². The Kier molecular flexibility index (Phi) is 8.46. The second-order valence-corrected chi connectivity index (χ2v) is 8.11. The quantitative estimate of drug-likeness (QED) is 0.711. The standard InChI is InChI=1S/C19H36N2O4/c1-19(2,3)25-18(22)21-11-4-7-16(9-12-21)20-10-6-13-23-15-17-8-5-14-24-17/h16-17,20H,4-15H2,1-3H3. The van der Waals surface area contributed by atoms with Crippen molar-refractivity contribution in [2.24, 2.45) is 0 Å². The number of rotatable bonds is 7. The van der Waals surface area contributed by atoms with Gasteiger partial charge >= 0.3 is 6.09 Å². The molecule has 2 atom stereocenters. The van der Waals surface area contributed by atoms with Gasteiger partial charge in [0.2, 0.25) is 0 Å². The van der Waals surface area contributed by atoms with Gasteiger partial charge in [-0.15, -0.1) is 0 Å². The molecule has 2 aliphatic heterocycles. The smallest absolute Gasteiger partial charge is 0.410 e. The zero-order valence-electron chi connectivity index (χ0n) is 16.2. The van der Waals surface area contributed by atoms with Crippen molar-refractivity contribution in [2.75, 3.05) is 39.5 Å². The third kappa shape index (κ3) is 8.38. The molecule has 0 aromatic carbocycles. The first-order chi connectivity index (χ1) is 11.9. The molecule has 2 unspecified atom stereocenters. The van der Waals surface area contributed by atoms with E-state index < -0.39 is 5.60 Å². The molecule has 2 rings (SSSR count). The Hall–Kier alpha value is -0.850. The van der Waals surface area contributed by atoms with Gasteiger partial charge in [-0.25, -0.2) is 4.79 Å². The van der Waals surface area contributed by atoms with Crippen molar-refractivity contribution in [1.82, 2.24) is 10.2 Å². The molecular weight excluding hydrogens is 320 g/mol. The summed E-state index contributed by atoms with van der Waals surface area (Å²) in [4.78, 5) is 14.0. The molecule has 2 fully saturated rings. The molecule has 0 bridgehead atoms. The van der Waals surface area contributed by atoms with Crippen LogP contribution in [-0.2, 0) is 14.2 Å². The minimum Gasteiger partial charge on any atom is -0.444 e. The van der Waals surface area contributed by atoms with Crippen LogP contribution in [0.5, 0.6) is 0 Å². The summed E-state index contributed by atoms with van der Waals surface area (Å²) in [5, 5.41) is 3.61. The van der Waals surface area contributed by atoms with Crippen molar-refractivity contribution in [3.63, 3.8) is 0 Å². The normalized spacial score (nSPS) is 25.0. The van der Waals surface area contributed by atoms with Gasteiger partial charge in [-0.05, 0) is 65.8 Å². The second-order valence-electron chi connectivity index (χ2n) is 8.11. The zero-order valence-corrected chi connectivity index (χ0v) is 16.2. The summed E-state index contributed by atoms with van der Waals surface area (Å²) in [6.45, 7) is 10.6. The third-order valence-corrected chi connectivity index (χ3v) is 4.61. The van der Waals surface area contributed by atoms with E-state index in [1.807, 2.05) is 25.7 Å². The molecule has 0 radical (unpaired) electrons. The SMILES string of the molecule is CC(C)(C)OC(=O)N1CCCC(NCCCOCC2CCCO2)CC1. The number of carbonyl (C=O) groups is 1. The van der Waals surface area contributed by atoms with Crippen LogP contribution in [0.1, 0.15) is 59.3 Å². The highest BCUT2D eigenvalue weighted by Crippen LogP contribution is 2.16. The first kappa shape index (κ1) is 20.5. The van der Waals surface area contributed by atoms with E-state index in [0.717, 1.165) is 78.0 Å². The molecule has 146 valence electrons. The Labute approximate surface area is 152 Å². The maximum atomic E-state index is 12.2. The number of hydrogen-bond acceptors (Lipinski definition) is 5. The molecule has 2 aliphatic rings. The van der Waals surface area contributed by atoms with Crippen molar-refractivity contribution >= 4 is 6.09 Å². The topological polar surface area (TPSA) is 60.0 Å². The number of nitrogens with one attached hydrogen (secondary N) is 1. The third-order valence-electron chi connectivity index (χ3n) is 4.61. The number of carbonyl (C=O) groups excluding carboxylic acids is 1. The Morgan fingerprint density at radius 3 is 2.76 bits per heavy atom. The molecule has 25 heavy (non-hydrogen) atoms. The van der Waals surface area contributed by atoms with Gasteiger partial charge in [0, 0.05) is 32.3 Å². The monoisotopic (exact) mass is 356 g/mol. The van der Waals surface area contributed by atoms with Crippen LogP contribution in [0.3, 0.4) is 0 Å². The lowest BCUT2D eigenvalue weighted by Gasteiger charge is -2.26. The van der Waals surface area contributed by atoms with Crippen molar-refractivity contribution in [3.05, 3.63) is 0 Å². The van der Waals surface area contributed by atoms with E-state index in [-0.39, 0.29) is 6.09 Å².